The van der Waals surface area contributed by atoms with Gasteiger partial charge >= 0.3 is 0 Å². The fourth-order valence-corrected chi connectivity index (χ4v) is 1.59. The lowest BCUT2D eigenvalue weighted by atomic mass is 10.2. The molecule has 0 aromatic heterocycles. The van der Waals surface area contributed by atoms with Crippen LogP contribution in [0.15, 0.2) is 11.8 Å². The van der Waals surface area contributed by atoms with Gasteiger partial charge in [-0.25, -0.2) is 8.78 Å². The van der Waals surface area contributed by atoms with Gasteiger partial charge in [-0.2, -0.15) is 0 Å². The average Bonchev–Trinajstić information content (AvgIpc) is 2.17. The Morgan fingerprint density at radius 2 is 2.27 bits per heavy atom. The lowest BCUT2D eigenvalue weighted by molar-refractivity contribution is -0.00470. The molecule has 1 aliphatic heterocycles. The number of allylic oxidation sites excluding steroid dienone is 2. The second-order valence-corrected chi connectivity index (χ2v) is 4.10. The lowest BCUT2D eigenvalue weighted by Crippen LogP contribution is -2.36. The predicted molar refractivity (Wildman–Crippen MR) is 57.5 cm³/mol. The van der Waals surface area contributed by atoms with E-state index in [9.17, 15) is 8.78 Å². The summed E-state index contributed by atoms with van der Waals surface area (Å²) in [6.07, 6.45) is 0.752. The molecule has 0 amide bonds. The molecular weight excluding hydrogens is 270 g/mol. The van der Waals surface area contributed by atoms with Crippen LogP contribution in [0.2, 0.25) is 0 Å². The summed E-state index contributed by atoms with van der Waals surface area (Å²) in [5.74, 6) is 0. The van der Waals surface area contributed by atoms with Gasteiger partial charge in [-0.05, 0) is 41.3 Å². The zero-order chi connectivity index (χ0) is 11.3. The normalized spacial score (nSPS) is 22.9. The van der Waals surface area contributed by atoms with Crippen LogP contribution in [0.1, 0.15) is 19.3 Å². The molecule has 1 rings (SSSR count). The van der Waals surface area contributed by atoms with E-state index in [1.807, 2.05) is 0 Å². The molecule has 1 fully saturated rings. The Bertz CT molecular complexity index is 252. The van der Waals surface area contributed by atoms with Crippen LogP contribution in [-0.2, 0) is 4.74 Å². The summed E-state index contributed by atoms with van der Waals surface area (Å²) in [6.45, 7) is 0.597. The highest BCUT2D eigenvalue weighted by atomic mass is 79.9. The third-order valence-corrected chi connectivity index (χ3v) is 2.25. The molecule has 6 heteroatoms. The number of rotatable bonds is 4. The first-order valence-corrected chi connectivity index (χ1v) is 5.51. The first-order valence-electron chi connectivity index (χ1n) is 4.71. The van der Waals surface area contributed by atoms with Gasteiger partial charge in [0, 0.05) is 6.61 Å². The van der Waals surface area contributed by atoms with Crippen LogP contribution < -0.4 is 5.32 Å². The van der Waals surface area contributed by atoms with E-state index in [0.29, 0.717) is 6.61 Å². The van der Waals surface area contributed by atoms with Gasteiger partial charge in [-0.1, -0.05) is 0 Å². The highest BCUT2D eigenvalue weighted by Gasteiger charge is 2.19. The third kappa shape index (κ3) is 4.70. The van der Waals surface area contributed by atoms with Crippen molar-refractivity contribution in [2.24, 2.45) is 0 Å². The van der Waals surface area contributed by atoms with Gasteiger partial charge in [0.25, 0.3) is 6.43 Å². The van der Waals surface area contributed by atoms with Gasteiger partial charge in [-0.3, -0.25) is 5.41 Å². The number of alkyl halides is 2. The molecule has 0 aliphatic carbocycles. The van der Waals surface area contributed by atoms with Crippen molar-refractivity contribution in [1.82, 2.24) is 5.32 Å². The van der Waals surface area contributed by atoms with Crippen molar-refractivity contribution in [1.29, 1.82) is 5.41 Å². The Hall–Kier alpha value is -0.490. The molecule has 3 nitrogen and oxygen atoms in total. The molecule has 1 aliphatic rings. The first kappa shape index (κ1) is 12.6. The van der Waals surface area contributed by atoms with Gasteiger partial charge < -0.3 is 10.1 Å². The van der Waals surface area contributed by atoms with Gasteiger partial charge in [-0.15, -0.1) is 0 Å². The van der Waals surface area contributed by atoms with E-state index in [1.54, 1.807) is 0 Å². The van der Waals surface area contributed by atoms with Gasteiger partial charge in [0.05, 0.1) is 10.3 Å². The maximum atomic E-state index is 12.5. The molecule has 1 heterocycles. The third-order valence-electron chi connectivity index (χ3n) is 2.02. The summed E-state index contributed by atoms with van der Waals surface area (Å²) in [4.78, 5) is 0. The molecule has 0 aromatic carbocycles. The van der Waals surface area contributed by atoms with E-state index >= 15 is 0 Å². The Balaban J connectivity index is 2.53. The smallest absolute Gasteiger partial charge is 0.278 e. The molecule has 2 N–H and O–H groups in total. The van der Waals surface area contributed by atoms with Crippen LogP contribution >= 0.6 is 15.9 Å². The quantitative estimate of drug-likeness (QED) is 0.779. The second kappa shape index (κ2) is 6.17. The van der Waals surface area contributed by atoms with E-state index < -0.39 is 6.43 Å². The Morgan fingerprint density at radius 1 is 1.53 bits per heavy atom. The molecule has 0 bridgehead atoms. The minimum Gasteiger partial charge on any atom is -0.359 e. The van der Waals surface area contributed by atoms with E-state index in [0.717, 1.165) is 25.3 Å². The summed E-state index contributed by atoms with van der Waals surface area (Å²) in [7, 11) is 0. The zero-order valence-electron chi connectivity index (χ0n) is 8.10. The minimum absolute atomic E-state index is 0.0823. The molecule has 15 heavy (non-hydrogen) atoms. The van der Waals surface area contributed by atoms with Gasteiger partial charge in [0.15, 0.2) is 0 Å². The van der Waals surface area contributed by atoms with Crippen LogP contribution in [0.3, 0.4) is 0 Å². The van der Waals surface area contributed by atoms with Crippen molar-refractivity contribution < 1.29 is 13.5 Å². The van der Waals surface area contributed by atoms with Crippen molar-refractivity contribution in [3.05, 3.63) is 11.8 Å². The topological polar surface area (TPSA) is 45.1 Å². The minimum atomic E-state index is -2.62. The Morgan fingerprint density at radius 3 is 2.73 bits per heavy atom. The number of nitrogens with one attached hydrogen (secondary N) is 2. The van der Waals surface area contributed by atoms with E-state index in [1.165, 1.54) is 0 Å². The summed E-state index contributed by atoms with van der Waals surface area (Å²) in [5.41, 5.74) is -0.274. The van der Waals surface area contributed by atoms with E-state index in [4.69, 9.17) is 10.1 Å². The molecule has 1 unspecified atom stereocenters. The number of hydrogen-bond acceptors (Lipinski definition) is 3. The lowest BCUT2D eigenvalue weighted by Gasteiger charge is -2.25. The van der Waals surface area contributed by atoms with Crippen molar-refractivity contribution in [3.8, 4) is 0 Å². The van der Waals surface area contributed by atoms with Crippen molar-refractivity contribution in [3.63, 3.8) is 0 Å². The largest absolute Gasteiger partial charge is 0.359 e. The average molecular weight is 283 g/mol. The maximum absolute atomic E-state index is 12.5. The summed E-state index contributed by atoms with van der Waals surface area (Å²) < 4.78 is 30.2. The Labute approximate surface area is 95.5 Å². The van der Waals surface area contributed by atoms with Crippen LogP contribution in [-0.4, -0.2) is 23.9 Å². The van der Waals surface area contributed by atoms with Crippen molar-refractivity contribution in [2.75, 3.05) is 6.61 Å². The molecule has 1 saturated heterocycles. The molecule has 0 aromatic rings. The van der Waals surface area contributed by atoms with Gasteiger partial charge in [0.2, 0.25) is 0 Å². The molecular formula is C9H13BrF2N2O. The molecule has 0 saturated carbocycles. The first-order chi connectivity index (χ1) is 7.09. The molecule has 0 radical (unpaired) electrons. The SMILES string of the molecule is N=C(Br)/C=C(\NC1CCCCO1)C(F)F. The van der Waals surface area contributed by atoms with Gasteiger partial charge in [0.1, 0.15) is 6.23 Å². The Kier molecular flexibility index (Phi) is 5.17. The summed E-state index contributed by atoms with van der Waals surface area (Å²) in [6, 6.07) is 0. The summed E-state index contributed by atoms with van der Waals surface area (Å²) in [5, 5.41) is 9.67. The van der Waals surface area contributed by atoms with Crippen LogP contribution in [0.25, 0.3) is 0 Å². The number of ether oxygens (including phenoxy) is 1. The van der Waals surface area contributed by atoms with Crippen molar-refractivity contribution in [2.45, 2.75) is 31.9 Å². The fraction of sp³-hybridized carbons (Fsp3) is 0.667. The summed E-state index contributed by atoms with van der Waals surface area (Å²) >= 11 is 2.80. The highest BCUT2D eigenvalue weighted by molar-refractivity contribution is 9.18. The monoisotopic (exact) mass is 282 g/mol. The van der Waals surface area contributed by atoms with Crippen LogP contribution in [0, 0.1) is 5.41 Å². The van der Waals surface area contributed by atoms with Crippen LogP contribution in [0.4, 0.5) is 8.78 Å². The van der Waals surface area contributed by atoms with E-state index in [-0.39, 0.29) is 16.5 Å². The second-order valence-electron chi connectivity index (χ2n) is 3.25. The number of hydrogen-bond donors (Lipinski definition) is 2. The zero-order valence-corrected chi connectivity index (χ0v) is 9.69. The molecule has 0 spiro atoms. The van der Waals surface area contributed by atoms with Crippen LogP contribution in [0.5, 0.6) is 0 Å². The van der Waals surface area contributed by atoms with E-state index in [2.05, 4.69) is 21.2 Å². The maximum Gasteiger partial charge on any atom is 0.278 e. The number of halogens is 3. The van der Waals surface area contributed by atoms with Crippen molar-refractivity contribution >= 4 is 20.6 Å². The highest BCUT2D eigenvalue weighted by Crippen LogP contribution is 2.14. The molecule has 1 atom stereocenters. The molecule has 86 valence electrons. The predicted octanol–water partition coefficient (Wildman–Crippen LogP) is 2.62. The standard InChI is InChI=1S/C9H13BrF2N2O/c10-7(13)5-6(9(11)12)14-8-3-1-2-4-15-8/h5,8-9,13-14H,1-4H2/b6-5-,13-7?. The fourth-order valence-electron chi connectivity index (χ4n) is 1.34.